The maximum absolute atomic E-state index is 12.7. The molecule has 3 aromatic rings. The van der Waals surface area contributed by atoms with Gasteiger partial charge in [-0.15, -0.1) is 0 Å². The van der Waals surface area contributed by atoms with Gasteiger partial charge in [0.1, 0.15) is 5.69 Å². The van der Waals surface area contributed by atoms with Gasteiger partial charge in [0.25, 0.3) is 28.9 Å². The summed E-state index contributed by atoms with van der Waals surface area (Å²) in [5.74, 6) is -1.55. The monoisotopic (exact) mass is 479 g/mol. The van der Waals surface area contributed by atoms with Crippen molar-refractivity contribution in [2.75, 3.05) is 10.6 Å². The number of anilines is 2. The molecule has 0 unspecified atom stereocenters. The Kier molecular flexibility index (Phi) is 6.80. The van der Waals surface area contributed by atoms with Crippen molar-refractivity contribution in [1.82, 2.24) is 0 Å². The predicted octanol–water partition coefficient (Wildman–Crippen LogP) is 4.53. The topological polar surface area (TPSA) is 188 Å². The number of hydrogen-bond donors (Lipinski definition) is 2. The van der Waals surface area contributed by atoms with E-state index in [1.54, 1.807) is 0 Å². The Morgan fingerprint density at radius 3 is 1.54 bits per heavy atom. The molecule has 0 fully saturated rings. The summed E-state index contributed by atoms with van der Waals surface area (Å²) < 4.78 is 0. The molecule has 13 heteroatoms. The summed E-state index contributed by atoms with van der Waals surface area (Å²) in [6.45, 7) is 3.02. The molecule has 13 nitrogen and oxygen atoms in total. The van der Waals surface area contributed by atoms with Crippen LogP contribution in [0.15, 0.2) is 54.6 Å². The van der Waals surface area contributed by atoms with Crippen molar-refractivity contribution in [2.24, 2.45) is 0 Å². The molecule has 0 saturated heterocycles. The summed E-state index contributed by atoms with van der Waals surface area (Å²) in [6, 6.07) is 11.1. The number of benzene rings is 3. The second kappa shape index (κ2) is 9.74. The fourth-order valence-corrected chi connectivity index (χ4v) is 3.17. The Morgan fingerprint density at radius 2 is 1.09 bits per heavy atom. The third-order valence-corrected chi connectivity index (χ3v) is 5.04. The quantitative estimate of drug-likeness (QED) is 0.365. The molecule has 2 amide bonds. The van der Waals surface area contributed by atoms with E-state index < -0.39 is 32.3 Å². The first-order chi connectivity index (χ1) is 16.5. The first-order valence-corrected chi connectivity index (χ1v) is 9.89. The largest absolute Gasteiger partial charge is 0.322 e. The third-order valence-electron chi connectivity index (χ3n) is 5.04. The van der Waals surface area contributed by atoms with Crippen molar-refractivity contribution in [2.45, 2.75) is 13.8 Å². The van der Waals surface area contributed by atoms with E-state index in [0.717, 1.165) is 24.3 Å². The molecule has 2 N–H and O–H groups in total. The maximum Gasteiger partial charge on any atom is 0.292 e. The van der Waals surface area contributed by atoms with E-state index >= 15 is 0 Å². The van der Waals surface area contributed by atoms with Crippen LogP contribution < -0.4 is 10.6 Å². The molecule has 3 rings (SSSR count). The highest BCUT2D eigenvalue weighted by molar-refractivity contribution is 6.08. The molecule has 0 aliphatic carbocycles. The van der Waals surface area contributed by atoms with Gasteiger partial charge in [0, 0.05) is 46.1 Å². The molecular formula is C22H17N5O8. The lowest BCUT2D eigenvalue weighted by Crippen LogP contribution is -2.15. The van der Waals surface area contributed by atoms with E-state index in [0.29, 0.717) is 11.1 Å². The van der Waals surface area contributed by atoms with Gasteiger partial charge in [-0.1, -0.05) is 12.1 Å². The number of carbonyl (C=O) groups excluding carboxylic acids is 2. The summed E-state index contributed by atoms with van der Waals surface area (Å²) in [6.07, 6.45) is 0. The predicted molar refractivity (Wildman–Crippen MR) is 125 cm³/mol. The van der Waals surface area contributed by atoms with E-state index in [9.17, 15) is 39.9 Å². The van der Waals surface area contributed by atoms with Crippen LogP contribution in [-0.2, 0) is 0 Å². The average Bonchev–Trinajstić information content (AvgIpc) is 2.79. The van der Waals surface area contributed by atoms with E-state index in [4.69, 9.17) is 0 Å². The molecular weight excluding hydrogens is 462 g/mol. The van der Waals surface area contributed by atoms with Crippen LogP contribution in [0.1, 0.15) is 31.8 Å². The van der Waals surface area contributed by atoms with Crippen LogP contribution in [0.2, 0.25) is 0 Å². The van der Waals surface area contributed by atoms with Crippen molar-refractivity contribution in [3.63, 3.8) is 0 Å². The SMILES string of the molecule is Cc1ccc(C(=O)Nc2ccc([N+](=O)[O-])c(NC(=O)c3ccc(C)c([N+](=O)[O-])c3)c2)cc1[N+](=O)[O-]. The normalized spacial score (nSPS) is 10.3. The Bertz CT molecular complexity index is 1400. The fourth-order valence-electron chi connectivity index (χ4n) is 3.17. The zero-order chi connectivity index (χ0) is 25.9. The van der Waals surface area contributed by atoms with Crippen LogP contribution in [0, 0.1) is 44.2 Å². The maximum atomic E-state index is 12.7. The van der Waals surface area contributed by atoms with Gasteiger partial charge in [0.15, 0.2) is 0 Å². The first-order valence-electron chi connectivity index (χ1n) is 9.89. The molecule has 3 aromatic carbocycles. The van der Waals surface area contributed by atoms with Gasteiger partial charge in [-0.3, -0.25) is 39.9 Å². The van der Waals surface area contributed by atoms with Crippen LogP contribution >= 0.6 is 0 Å². The third kappa shape index (κ3) is 5.42. The Labute approximate surface area is 196 Å². The van der Waals surface area contributed by atoms with E-state index in [1.807, 2.05) is 0 Å². The number of nitro benzene ring substituents is 3. The van der Waals surface area contributed by atoms with Gasteiger partial charge >= 0.3 is 0 Å². The van der Waals surface area contributed by atoms with E-state index in [-0.39, 0.29) is 33.9 Å². The van der Waals surface area contributed by atoms with E-state index in [1.165, 1.54) is 44.2 Å². The number of hydrogen-bond acceptors (Lipinski definition) is 8. The van der Waals surface area contributed by atoms with Crippen molar-refractivity contribution in [3.05, 3.63) is 107 Å². The number of nitro groups is 3. The summed E-state index contributed by atoms with van der Waals surface area (Å²) >= 11 is 0. The van der Waals surface area contributed by atoms with Crippen molar-refractivity contribution < 1.29 is 24.4 Å². The standard InChI is InChI=1S/C22H17N5O8/c1-12-3-5-14(9-19(12)26(32)33)21(28)23-16-7-8-18(25(30)31)17(11-16)24-22(29)15-6-4-13(2)20(10-15)27(34)35/h3-11H,1-2H3,(H,23,28)(H,24,29). The van der Waals surface area contributed by atoms with Gasteiger partial charge in [-0.05, 0) is 38.1 Å². The van der Waals surface area contributed by atoms with Crippen LogP contribution in [0.3, 0.4) is 0 Å². The van der Waals surface area contributed by atoms with Gasteiger partial charge in [-0.25, -0.2) is 0 Å². The first kappa shape index (κ1) is 24.4. The summed E-state index contributed by atoms with van der Waals surface area (Å²) in [4.78, 5) is 56.9. The number of nitrogens with one attached hydrogen (secondary N) is 2. The van der Waals surface area contributed by atoms with Crippen molar-refractivity contribution in [3.8, 4) is 0 Å². The lowest BCUT2D eigenvalue weighted by Gasteiger charge is -2.10. The van der Waals surface area contributed by atoms with Crippen LogP contribution in [0.5, 0.6) is 0 Å². The van der Waals surface area contributed by atoms with Crippen molar-refractivity contribution in [1.29, 1.82) is 0 Å². The van der Waals surface area contributed by atoms with Gasteiger partial charge < -0.3 is 10.6 Å². The molecule has 0 aromatic heterocycles. The molecule has 0 aliphatic heterocycles. The second-order valence-electron chi connectivity index (χ2n) is 7.41. The minimum Gasteiger partial charge on any atom is -0.322 e. The Balaban J connectivity index is 1.90. The highest BCUT2D eigenvalue weighted by Crippen LogP contribution is 2.29. The molecule has 178 valence electrons. The highest BCUT2D eigenvalue weighted by Gasteiger charge is 2.21. The second-order valence-corrected chi connectivity index (χ2v) is 7.41. The van der Waals surface area contributed by atoms with Gasteiger partial charge in [0.05, 0.1) is 14.8 Å². The zero-order valence-electron chi connectivity index (χ0n) is 18.3. The summed E-state index contributed by atoms with van der Waals surface area (Å²) in [5, 5.41) is 38.5. The molecule has 0 aliphatic rings. The smallest absolute Gasteiger partial charge is 0.292 e. The molecule has 0 saturated carbocycles. The summed E-state index contributed by atoms with van der Waals surface area (Å²) in [7, 11) is 0. The number of carbonyl (C=O) groups is 2. The van der Waals surface area contributed by atoms with Crippen LogP contribution in [0.25, 0.3) is 0 Å². The van der Waals surface area contributed by atoms with Gasteiger partial charge in [0.2, 0.25) is 0 Å². The zero-order valence-corrected chi connectivity index (χ0v) is 18.3. The molecule has 0 bridgehead atoms. The number of nitrogens with zero attached hydrogens (tertiary/aromatic N) is 3. The highest BCUT2D eigenvalue weighted by atomic mass is 16.6. The van der Waals surface area contributed by atoms with Crippen molar-refractivity contribution >= 4 is 40.3 Å². The number of amides is 2. The fraction of sp³-hybridized carbons (Fsp3) is 0.0909. The lowest BCUT2D eigenvalue weighted by atomic mass is 10.1. The number of aryl methyl sites for hydroxylation is 2. The molecule has 0 heterocycles. The molecule has 0 atom stereocenters. The minimum absolute atomic E-state index is 0.0156. The lowest BCUT2D eigenvalue weighted by molar-refractivity contribution is -0.385. The minimum atomic E-state index is -0.839. The Hall–Kier alpha value is -5.20. The summed E-state index contributed by atoms with van der Waals surface area (Å²) in [5.41, 5.74) is -0.645. The molecule has 35 heavy (non-hydrogen) atoms. The molecule has 0 radical (unpaired) electrons. The van der Waals surface area contributed by atoms with Crippen LogP contribution in [0.4, 0.5) is 28.4 Å². The van der Waals surface area contributed by atoms with Gasteiger partial charge in [-0.2, -0.15) is 0 Å². The average molecular weight is 479 g/mol. The number of rotatable bonds is 7. The van der Waals surface area contributed by atoms with E-state index in [2.05, 4.69) is 10.6 Å². The Morgan fingerprint density at radius 1 is 0.629 bits per heavy atom. The molecule has 0 spiro atoms. The van der Waals surface area contributed by atoms with Crippen LogP contribution in [-0.4, -0.2) is 26.6 Å².